The number of nitrogens with zero attached hydrogens (tertiary/aromatic N) is 3. The van der Waals surface area contributed by atoms with Gasteiger partial charge in [-0.3, -0.25) is 4.98 Å². The van der Waals surface area contributed by atoms with Crippen molar-refractivity contribution in [2.75, 3.05) is 4.90 Å². The average molecular weight is 363 g/mol. The summed E-state index contributed by atoms with van der Waals surface area (Å²) in [5.41, 5.74) is 5.76. The minimum absolute atomic E-state index is 0.00185. The van der Waals surface area contributed by atoms with Gasteiger partial charge in [0.25, 0.3) is 0 Å². The number of aryl methyl sites for hydroxylation is 2. The molecule has 0 amide bonds. The lowest BCUT2D eigenvalue weighted by molar-refractivity contribution is 0.539. The second-order valence-electron chi connectivity index (χ2n) is 6.79. The maximum Gasteiger partial charge on any atom is 0.174 e. The number of hydrogen-bond donors (Lipinski definition) is 1. The molecule has 2 atom stereocenters. The summed E-state index contributed by atoms with van der Waals surface area (Å²) < 4.78 is 2.23. The Kier molecular flexibility index (Phi) is 4.24. The van der Waals surface area contributed by atoms with Crippen molar-refractivity contribution < 1.29 is 0 Å². The molecule has 1 N–H and O–H groups in total. The molecule has 3 aromatic rings. The van der Waals surface area contributed by atoms with E-state index in [2.05, 4.69) is 83.1 Å². The molecule has 0 bridgehead atoms. The lowest BCUT2D eigenvalue weighted by Gasteiger charge is -2.28. The monoisotopic (exact) mass is 362 g/mol. The molecule has 3 heterocycles. The van der Waals surface area contributed by atoms with Gasteiger partial charge >= 0.3 is 0 Å². The minimum atomic E-state index is -0.00185. The quantitative estimate of drug-likeness (QED) is 0.708. The van der Waals surface area contributed by atoms with Crippen molar-refractivity contribution in [3.63, 3.8) is 0 Å². The van der Waals surface area contributed by atoms with E-state index in [1.807, 2.05) is 18.3 Å². The number of nitrogens with one attached hydrogen (secondary N) is 1. The summed E-state index contributed by atoms with van der Waals surface area (Å²) >= 11 is 5.74. The summed E-state index contributed by atoms with van der Waals surface area (Å²) in [5.74, 6) is 0. The first-order valence-electron chi connectivity index (χ1n) is 8.76. The molecule has 4 rings (SSSR count). The summed E-state index contributed by atoms with van der Waals surface area (Å²) in [7, 11) is 2.11. The van der Waals surface area contributed by atoms with Gasteiger partial charge in [0.15, 0.2) is 5.11 Å². The molecule has 1 aromatic carbocycles. The molecule has 0 unspecified atom stereocenters. The van der Waals surface area contributed by atoms with Crippen LogP contribution in [0.5, 0.6) is 0 Å². The van der Waals surface area contributed by atoms with Gasteiger partial charge in [0.05, 0.1) is 11.7 Å². The van der Waals surface area contributed by atoms with Crippen molar-refractivity contribution in [1.29, 1.82) is 0 Å². The number of hydrogen-bond acceptors (Lipinski definition) is 2. The maximum atomic E-state index is 5.74. The Morgan fingerprint density at radius 1 is 1.00 bits per heavy atom. The zero-order chi connectivity index (χ0) is 18.3. The van der Waals surface area contributed by atoms with Gasteiger partial charge in [0, 0.05) is 30.3 Å². The first kappa shape index (κ1) is 16.8. The van der Waals surface area contributed by atoms with Crippen LogP contribution in [0.2, 0.25) is 0 Å². The second-order valence-corrected chi connectivity index (χ2v) is 7.18. The molecule has 132 valence electrons. The van der Waals surface area contributed by atoms with Crippen molar-refractivity contribution in [2.45, 2.75) is 25.9 Å². The van der Waals surface area contributed by atoms with E-state index in [0.29, 0.717) is 0 Å². The van der Waals surface area contributed by atoms with Crippen molar-refractivity contribution >= 4 is 23.0 Å². The molecule has 5 heteroatoms. The minimum Gasteiger partial charge on any atom is -0.351 e. The van der Waals surface area contributed by atoms with Gasteiger partial charge in [-0.15, -0.1) is 0 Å². The SMILES string of the molecule is Cc1ccc(N2C(=S)N[C@H](c3ccccn3)[C@@H]2c2ccc(C)n2C)cc1. The van der Waals surface area contributed by atoms with Crippen molar-refractivity contribution in [2.24, 2.45) is 7.05 Å². The largest absolute Gasteiger partial charge is 0.351 e. The van der Waals surface area contributed by atoms with Crippen LogP contribution in [-0.2, 0) is 7.05 Å². The second kappa shape index (κ2) is 6.57. The van der Waals surface area contributed by atoms with Crippen LogP contribution in [0.4, 0.5) is 5.69 Å². The van der Waals surface area contributed by atoms with Crippen LogP contribution < -0.4 is 10.2 Å². The molecular formula is C21H22N4S. The lowest BCUT2D eigenvalue weighted by Crippen LogP contribution is -2.30. The van der Waals surface area contributed by atoms with Crippen LogP contribution in [-0.4, -0.2) is 14.7 Å². The number of pyridine rings is 1. The predicted molar refractivity (Wildman–Crippen MR) is 109 cm³/mol. The molecule has 0 saturated carbocycles. The Labute approximate surface area is 159 Å². The smallest absolute Gasteiger partial charge is 0.174 e. The van der Waals surface area contributed by atoms with Crippen molar-refractivity contribution in [3.8, 4) is 0 Å². The molecule has 2 aromatic heterocycles. The zero-order valence-electron chi connectivity index (χ0n) is 15.2. The average Bonchev–Trinajstić information content (AvgIpc) is 3.16. The van der Waals surface area contributed by atoms with Crippen LogP contribution >= 0.6 is 12.2 Å². The Bertz CT molecular complexity index is 930. The van der Waals surface area contributed by atoms with Gasteiger partial charge in [0.2, 0.25) is 0 Å². The highest BCUT2D eigenvalue weighted by Crippen LogP contribution is 2.41. The van der Waals surface area contributed by atoms with E-state index in [1.165, 1.54) is 17.0 Å². The maximum absolute atomic E-state index is 5.74. The molecular weight excluding hydrogens is 340 g/mol. The van der Waals surface area contributed by atoms with Crippen LogP contribution in [0.25, 0.3) is 0 Å². The molecule has 4 nitrogen and oxygen atoms in total. The third kappa shape index (κ3) is 2.78. The molecule has 0 aliphatic carbocycles. The third-order valence-electron chi connectivity index (χ3n) is 5.12. The van der Waals surface area contributed by atoms with Gasteiger partial charge in [-0.25, -0.2) is 0 Å². The number of thiocarbonyl (C=S) groups is 1. The number of aromatic nitrogens is 2. The molecule has 1 fully saturated rings. The summed E-state index contributed by atoms with van der Waals surface area (Å²) in [4.78, 5) is 6.80. The highest BCUT2D eigenvalue weighted by molar-refractivity contribution is 7.80. The number of rotatable bonds is 3. The van der Waals surface area contributed by atoms with E-state index in [-0.39, 0.29) is 12.1 Å². The van der Waals surface area contributed by atoms with Crippen LogP contribution in [0.3, 0.4) is 0 Å². The summed E-state index contributed by atoms with van der Waals surface area (Å²) in [6, 6.07) is 18.9. The molecule has 1 aliphatic rings. The van der Waals surface area contributed by atoms with E-state index in [4.69, 9.17) is 12.2 Å². The summed E-state index contributed by atoms with van der Waals surface area (Å²) in [6.07, 6.45) is 1.84. The first-order valence-corrected chi connectivity index (χ1v) is 9.16. The van der Waals surface area contributed by atoms with Gasteiger partial charge in [0.1, 0.15) is 6.04 Å². The molecule has 0 spiro atoms. The molecule has 0 radical (unpaired) electrons. The van der Waals surface area contributed by atoms with E-state index < -0.39 is 0 Å². The number of benzene rings is 1. The fourth-order valence-electron chi connectivity index (χ4n) is 3.57. The van der Waals surface area contributed by atoms with Crippen LogP contribution in [0, 0.1) is 13.8 Å². The Morgan fingerprint density at radius 3 is 2.38 bits per heavy atom. The van der Waals surface area contributed by atoms with E-state index >= 15 is 0 Å². The first-order chi connectivity index (χ1) is 12.6. The van der Waals surface area contributed by atoms with E-state index in [0.717, 1.165) is 16.5 Å². The third-order valence-corrected chi connectivity index (χ3v) is 5.44. The summed E-state index contributed by atoms with van der Waals surface area (Å²) in [6.45, 7) is 4.22. The Morgan fingerprint density at radius 2 is 1.77 bits per heavy atom. The standard InChI is InChI=1S/C21H22N4S/c1-14-7-10-16(11-8-14)25-20(18-12-9-15(2)24(18)3)19(23-21(25)26)17-6-4-5-13-22-17/h4-13,19-20H,1-3H3,(H,23,26)/t19-,20+/m1/s1. The van der Waals surface area contributed by atoms with Gasteiger partial charge in [-0.05, 0) is 62.5 Å². The van der Waals surface area contributed by atoms with Gasteiger partial charge in [-0.2, -0.15) is 0 Å². The predicted octanol–water partition coefficient (Wildman–Crippen LogP) is 4.21. The number of anilines is 1. The highest BCUT2D eigenvalue weighted by Gasteiger charge is 2.41. The molecule has 1 aliphatic heterocycles. The highest BCUT2D eigenvalue weighted by atomic mass is 32.1. The van der Waals surface area contributed by atoms with Crippen molar-refractivity contribution in [3.05, 3.63) is 83.4 Å². The van der Waals surface area contributed by atoms with Gasteiger partial charge in [-0.1, -0.05) is 23.8 Å². The van der Waals surface area contributed by atoms with Crippen molar-refractivity contribution in [1.82, 2.24) is 14.9 Å². The van der Waals surface area contributed by atoms with Crippen LogP contribution in [0.15, 0.2) is 60.8 Å². The fourth-order valence-corrected chi connectivity index (χ4v) is 3.91. The Hall–Kier alpha value is -2.66. The molecule has 1 saturated heterocycles. The van der Waals surface area contributed by atoms with Gasteiger partial charge < -0.3 is 14.8 Å². The topological polar surface area (TPSA) is 33.1 Å². The van der Waals surface area contributed by atoms with Crippen LogP contribution in [0.1, 0.15) is 34.7 Å². The van der Waals surface area contributed by atoms with E-state index in [1.54, 1.807) is 0 Å². The normalized spacial score (nSPS) is 19.7. The van der Waals surface area contributed by atoms with E-state index in [9.17, 15) is 0 Å². The lowest BCUT2D eigenvalue weighted by atomic mass is 10.0. The summed E-state index contributed by atoms with van der Waals surface area (Å²) in [5, 5.41) is 4.23. The Balaban J connectivity index is 1.85. The molecule has 26 heavy (non-hydrogen) atoms. The fraction of sp³-hybridized carbons (Fsp3) is 0.238. The zero-order valence-corrected chi connectivity index (χ0v) is 16.0.